The van der Waals surface area contributed by atoms with Crippen LogP contribution in [0, 0.1) is 0 Å². The largest absolute Gasteiger partial charge is 0.504 e. The number of phenolic OH excluding ortho intramolecular Hbond substituents is 3. The predicted molar refractivity (Wildman–Crippen MR) is 212 cm³/mol. The van der Waals surface area contributed by atoms with Crippen LogP contribution in [0.5, 0.6) is 28.7 Å². The number of hydrogen-bond donors (Lipinski definition) is 5. The van der Waals surface area contributed by atoms with Gasteiger partial charge in [0.1, 0.15) is 24.1 Å². The zero-order valence-corrected chi connectivity index (χ0v) is 30.7. The Morgan fingerprint density at radius 1 is 0.709 bits per heavy atom. The lowest BCUT2D eigenvalue weighted by Crippen LogP contribution is -2.33. The molecule has 5 N–H and O–H groups in total. The highest BCUT2D eigenvalue weighted by Gasteiger charge is 2.20. The monoisotopic (exact) mass is 746 g/mol. The van der Waals surface area contributed by atoms with Crippen LogP contribution in [0.25, 0.3) is 44.5 Å². The van der Waals surface area contributed by atoms with Gasteiger partial charge in [-0.3, -0.25) is 4.99 Å². The minimum atomic E-state index is -0.758. The Morgan fingerprint density at radius 2 is 1.36 bits per heavy atom. The van der Waals surface area contributed by atoms with E-state index in [4.69, 9.17) is 23.4 Å². The van der Waals surface area contributed by atoms with Gasteiger partial charge in [-0.1, -0.05) is 91.0 Å². The lowest BCUT2D eigenvalue weighted by atomic mass is 9.93. The van der Waals surface area contributed by atoms with E-state index in [1.807, 2.05) is 85.8 Å². The zero-order valence-electron chi connectivity index (χ0n) is 30.7. The number of aromatic hydroxyl groups is 3. The zero-order chi connectivity index (χ0) is 38.4. The highest BCUT2D eigenvalue weighted by atomic mass is 16.5. The Hall–Kier alpha value is -5.85. The molecule has 6 rings (SSSR count). The average molecular weight is 747 g/mol. The molecule has 0 aliphatic heterocycles. The topological polar surface area (TPSA) is 155 Å². The SMILES string of the molecule is CCOc1c(OC[C@H](O)CNCCOCCOCCN=c2cc(-c3ccccc3)oc3cc(O)c(O)c(O)c23)ccc(-c2ccccc2)c1-c1ccccc1. The molecule has 0 aliphatic rings. The lowest BCUT2D eigenvalue weighted by Gasteiger charge is -2.21. The Morgan fingerprint density at radius 3 is 2.05 bits per heavy atom. The van der Waals surface area contributed by atoms with Crippen molar-refractivity contribution in [3.05, 3.63) is 121 Å². The summed E-state index contributed by atoms with van der Waals surface area (Å²) in [7, 11) is 0. The first-order chi connectivity index (χ1) is 26.9. The Bertz CT molecular complexity index is 2190. The van der Waals surface area contributed by atoms with Gasteiger partial charge in [-0.15, -0.1) is 0 Å². The highest BCUT2D eigenvalue weighted by molar-refractivity contribution is 5.90. The summed E-state index contributed by atoms with van der Waals surface area (Å²) in [5.41, 5.74) is 5.03. The third kappa shape index (κ3) is 10.0. The summed E-state index contributed by atoms with van der Waals surface area (Å²) >= 11 is 0. The number of phenols is 3. The number of hydrogen-bond acceptors (Lipinski definition) is 11. The molecule has 0 aliphatic carbocycles. The molecule has 0 unspecified atom stereocenters. The standard InChI is InChI=1S/C44H46N2O9/c1-2-53-44-37(19-18-34(30-12-6-3-7-13-30)40(44)32-16-10-5-11-17-32)54-29-33(47)28-45-20-22-51-24-25-52-23-21-46-35-26-38(31-14-8-4-9-15-31)55-39-27-36(48)42(49)43(50)41(35)39/h3-19,26-27,33,45,47-50H,2,20-25,28-29H2,1H3/t33-/m1/s1. The van der Waals surface area contributed by atoms with Crippen molar-refractivity contribution in [2.24, 2.45) is 4.99 Å². The van der Waals surface area contributed by atoms with Gasteiger partial charge < -0.3 is 49.1 Å². The molecule has 0 amide bonds. The van der Waals surface area contributed by atoms with Crippen LogP contribution in [0.3, 0.4) is 0 Å². The highest BCUT2D eigenvalue weighted by Crippen LogP contribution is 2.45. The number of nitrogens with zero attached hydrogens (tertiary/aromatic N) is 1. The quantitative estimate of drug-likeness (QED) is 0.0436. The van der Waals surface area contributed by atoms with E-state index in [0.717, 1.165) is 27.8 Å². The van der Waals surface area contributed by atoms with Crippen LogP contribution in [-0.2, 0) is 9.47 Å². The maximum atomic E-state index is 10.7. The number of benzene rings is 5. The van der Waals surface area contributed by atoms with Crippen molar-refractivity contribution in [2.45, 2.75) is 13.0 Å². The average Bonchev–Trinajstić information content (AvgIpc) is 3.22. The van der Waals surface area contributed by atoms with Gasteiger partial charge in [0.15, 0.2) is 23.0 Å². The summed E-state index contributed by atoms with van der Waals surface area (Å²) in [6.07, 6.45) is -0.758. The third-order valence-corrected chi connectivity index (χ3v) is 8.70. The first-order valence-electron chi connectivity index (χ1n) is 18.3. The molecule has 0 saturated heterocycles. The number of fused-ring (bicyclic) bond motifs is 1. The molecule has 0 saturated carbocycles. The van der Waals surface area contributed by atoms with Gasteiger partial charge in [0, 0.05) is 36.3 Å². The van der Waals surface area contributed by atoms with Crippen LogP contribution in [0.4, 0.5) is 0 Å². The molecule has 0 spiro atoms. The number of aliphatic hydroxyl groups is 1. The van der Waals surface area contributed by atoms with Gasteiger partial charge in [-0.2, -0.15) is 0 Å². The maximum Gasteiger partial charge on any atom is 0.201 e. The number of nitrogens with one attached hydrogen (secondary N) is 1. The van der Waals surface area contributed by atoms with Crippen molar-refractivity contribution in [1.82, 2.24) is 5.32 Å². The molecule has 11 heteroatoms. The maximum absolute atomic E-state index is 10.7. The van der Waals surface area contributed by atoms with Gasteiger partial charge >= 0.3 is 0 Å². The van der Waals surface area contributed by atoms with E-state index in [0.29, 0.717) is 68.7 Å². The molecule has 1 atom stereocenters. The Balaban J connectivity index is 0.940. The fraction of sp³-hybridized carbons (Fsp3) is 0.250. The molecule has 0 fully saturated rings. The van der Waals surface area contributed by atoms with Crippen molar-refractivity contribution in [1.29, 1.82) is 0 Å². The molecular weight excluding hydrogens is 700 g/mol. The molecule has 11 nitrogen and oxygen atoms in total. The third-order valence-electron chi connectivity index (χ3n) is 8.70. The predicted octanol–water partition coefficient (Wildman–Crippen LogP) is 6.91. The van der Waals surface area contributed by atoms with E-state index < -0.39 is 23.4 Å². The Kier molecular flexibility index (Phi) is 13.8. The smallest absolute Gasteiger partial charge is 0.201 e. The van der Waals surface area contributed by atoms with Crippen molar-refractivity contribution in [2.75, 3.05) is 59.3 Å². The lowest BCUT2D eigenvalue weighted by molar-refractivity contribution is 0.0497. The van der Waals surface area contributed by atoms with Crippen molar-refractivity contribution in [3.63, 3.8) is 0 Å². The van der Waals surface area contributed by atoms with Crippen molar-refractivity contribution >= 4 is 11.0 Å². The van der Waals surface area contributed by atoms with Crippen LogP contribution in [0.15, 0.2) is 125 Å². The fourth-order valence-electron chi connectivity index (χ4n) is 6.09. The fourth-order valence-corrected chi connectivity index (χ4v) is 6.09. The normalized spacial score (nSPS) is 12.2. The van der Waals surface area contributed by atoms with E-state index >= 15 is 0 Å². The van der Waals surface area contributed by atoms with E-state index in [1.165, 1.54) is 6.07 Å². The van der Waals surface area contributed by atoms with Gasteiger partial charge in [0.25, 0.3) is 0 Å². The number of rotatable bonds is 19. The second-order valence-electron chi connectivity index (χ2n) is 12.6. The first kappa shape index (κ1) is 38.9. The molecule has 286 valence electrons. The Labute approximate surface area is 319 Å². The summed E-state index contributed by atoms with van der Waals surface area (Å²) in [5, 5.41) is 45.2. The van der Waals surface area contributed by atoms with E-state index in [1.54, 1.807) is 6.07 Å². The van der Waals surface area contributed by atoms with Gasteiger partial charge in [-0.05, 0) is 35.7 Å². The summed E-state index contributed by atoms with van der Waals surface area (Å²) in [6, 6.07) is 36.5. The van der Waals surface area contributed by atoms with Crippen LogP contribution < -0.4 is 20.1 Å². The second-order valence-corrected chi connectivity index (χ2v) is 12.6. The van der Waals surface area contributed by atoms with Crippen LogP contribution in [0.1, 0.15) is 6.92 Å². The molecule has 1 aromatic heterocycles. The summed E-state index contributed by atoms with van der Waals surface area (Å²) in [5.74, 6) is 0.0445. The molecule has 1 heterocycles. The molecule has 0 radical (unpaired) electrons. The summed E-state index contributed by atoms with van der Waals surface area (Å²) in [4.78, 5) is 4.58. The minimum Gasteiger partial charge on any atom is -0.504 e. The number of ether oxygens (including phenoxy) is 4. The minimum absolute atomic E-state index is 0.0795. The van der Waals surface area contributed by atoms with Crippen LogP contribution >= 0.6 is 0 Å². The molecule has 5 aromatic carbocycles. The van der Waals surface area contributed by atoms with Gasteiger partial charge in [0.2, 0.25) is 5.75 Å². The van der Waals surface area contributed by atoms with Crippen molar-refractivity contribution < 1.29 is 43.8 Å². The first-order valence-corrected chi connectivity index (χ1v) is 18.3. The molecule has 6 aromatic rings. The van der Waals surface area contributed by atoms with E-state index in [2.05, 4.69) is 34.6 Å². The van der Waals surface area contributed by atoms with Crippen molar-refractivity contribution in [3.8, 4) is 62.3 Å². The van der Waals surface area contributed by atoms with Crippen LogP contribution in [-0.4, -0.2) is 85.8 Å². The summed E-state index contributed by atoms with van der Waals surface area (Å²) < 4.78 is 29.6. The van der Waals surface area contributed by atoms with E-state index in [-0.39, 0.29) is 24.1 Å². The summed E-state index contributed by atoms with van der Waals surface area (Å²) in [6.45, 7) is 5.04. The van der Waals surface area contributed by atoms with E-state index in [9.17, 15) is 20.4 Å². The molecular formula is C44H46N2O9. The van der Waals surface area contributed by atoms with Gasteiger partial charge in [0.05, 0.1) is 50.3 Å². The molecule has 0 bridgehead atoms. The second kappa shape index (κ2) is 19.5. The van der Waals surface area contributed by atoms with Gasteiger partial charge in [-0.25, -0.2) is 0 Å². The van der Waals surface area contributed by atoms with Crippen LogP contribution in [0.2, 0.25) is 0 Å². The number of aliphatic hydroxyl groups excluding tert-OH is 1. The molecule has 55 heavy (non-hydrogen) atoms.